The highest BCUT2D eigenvalue weighted by Gasteiger charge is 2.22. The predicted octanol–water partition coefficient (Wildman–Crippen LogP) is 4.59. The molecule has 2 N–H and O–H groups in total. The van der Waals surface area contributed by atoms with Crippen LogP contribution in [0.3, 0.4) is 0 Å². The van der Waals surface area contributed by atoms with Gasteiger partial charge in [-0.25, -0.2) is 4.68 Å². The zero-order chi connectivity index (χ0) is 22.5. The number of H-pyrrole nitrogens is 1. The Morgan fingerprint density at radius 2 is 2.00 bits per heavy atom. The topological polar surface area (TPSA) is 93.5 Å². The summed E-state index contributed by atoms with van der Waals surface area (Å²) >= 11 is 0. The molecule has 0 aliphatic rings. The summed E-state index contributed by atoms with van der Waals surface area (Å²) in [6, 6.07) is 20.1. The maximum absolute atomic E-state index is 5.76. The van der Waals surface area contributed by atoms with Crippen LogP contribution < -0.4 is 10.1 Å². The molecule has 0 fully saturated rings. The summed E-state index contributed by atoms with van der Waals surface area (Å²) in [6.07, 6.45) is 6.49. The number of fused-ring (bicyclic) bond motifs is 1. The number of ether oxygens (including phenoxy) is 1. The van der Waals surface area contributed by atoms with Gasteiger partial charge in [-0.1, -0.05) is 25.1 Å². The first-order valence-electron chi connectivity index (χ1n) is 11.0. The van der Waals surface area contributed by atoms with Crippen LogP contribution in [0.4, 0.5) is 5.69 Å². The van der Waals surface area contributed by atoms with Crippen LogP contribution in [0.2, 0.25) is 0 Å². The van der Waals surface area contributed by atoms with Crippen molar-refractivity contribution in [2.45, 2.75) is 25.9 Å². The molecule has 0 bridgehead atoms. The lowest BCUT2D eigenvalue weighted by molar-refractivity contribution is 0.317. The van der Waals surface area contributed by atoms with E-state index in [1.807, 2.05) is 41.3 Å². The SMILES string of the molecule is CCCOc1ccc(C(Nc2ccc3[nH]ccc3c2)c2nnnn2Cc2cccnc2)cc1. The molecule has 0 amide bonds. The Balaban J connectivity index is 1.49. The van der Waals surface area contributed by atoms with Crippen LogP contribution in [-0.4, -0.2) is 36.8 Å². The lowest BCUT2D eigenvalue weighted by atomic mass is 10.0. The molecular formula is C25H25N7O. The predicted molar refractivity (Wildman–Crippen MR) is 127 cm³/mol. The minimum absolute atomic E-state index is 0.256. The molecule has 3 aromatic heterocycles. The number of rotatable bonds is 9. The van der Waals surface area contributed by atoms with E-state index in [1.54, 1.807) is 6.20 Å². The normalized spacial score (nSPS) is 12.0. The fourth-order valence-corrected chi connectivity index (χ4v) is 3.78. The summed E-state index contributed by atoms with van der Waals surface area (Å²) in [4.78, 5) is 7.44. The van der Waals surface area contributed by atoms with Crippen molar-refractivity contribution >= 4 is 16.6 Å². The fraction of sp³-hybridized carbons (Fsp3) is 0.200. The first kappa shape index (κ1) is 20.7. The van der Waals surface area contributed by atoms with Crippen molar-refractivity contribution in [3.63, 3.8) is 0 Å². The standard InChI is InChI=1S/C25H25N7O/c1-2-14-33-22-8-5-19(6-9-22)24(28-21-7-10-23-20(15-21)11-13-27-23)25-29-30-31-32(25)17-18-4-3-12-26-16-18/h3-13,15-16,24,27-28H,2,14,17H2,1H3. The number of hydrogen-bond acceptors (Lipinski definition) is 6. The van der Waals surface area contributed by atoms with Crippen molar-refractivity contribution in [1.82, 2.24) is 30.2 Å². The Kier molecular flexibility index (Phi) is 5.97. The van der Waals surface area contributed by atoms with Gasteiger partial charge in [0.05, 0.1) is 13.2 Å². The Bertz CT molecular complexity index is 1310. The second-order valence-corrected chi connectivity index (χ2v) is 7.83. The number of anilines is 1. The molecule has 1 unspecified atom stereocenters. The van der Waals surface area contributed by atoms with Gasteiger partial charge in [-0.05, 0) is 70.4 Å². The van der Waals surface area contributed by atoms with Crippen molar-refractivity contribution in [3.05, 3.63) is 96.2 Å². The third-order valence-electron chi connectivity index (χ3n) is 5.42. The first-order chi connectivity index (χ1) is 16.3. The summed E-state index contributed by atoms with van der Waals surface area (Å²) < 4.78 is 7.58. The average molecular weight is 440 g/mol. The Morgan fingerprint density at radius 3 is 2.82 bits per heavy atom. The first-order valence-corrected chi connectivity index (χ1v) is 11.0. The second-order valence-electron chi connectivity index (χ2n) is 7.83. The smallest absolute Gasteiger partial charge is 0.178 e. The van der Waals surface area contributed by atoms with E-state index < -0.39 is 0 Å². The Morgan fingerprint density at radius 1 is 1.09 bits per heavy atom. The summed E-state index contributed by atoms with van der Waals surface area (Å²) in [5, 5.41) is 17.4. The van der Waals surface area contributed by atoms with Gasteiger partial charge in [-0.2, -0.15) is 0 Å². The molecule has 0 radical (unpaired) electrons. The van der Waals surface area contributed by atoms with Crippen molar-refractivity contribution in [1.29, 1.82) is 0 Å². The third-order valence-corrected chi connectivity index (χ3v) is 5.42. The van der Waals surface area contributed by atoms with Crippen LogP contribution in [0.5, 0.6) is 5.75 Å². The quantitative estimate of drug-likeness (QED) is 0.349. The third kappa shape index (κ3) is 4.69. The van der Waals surface area contributed by atoms with Gasteiger partial charge >= 0.3 is 0 Å². The van der Waals surface area contributed by atoms with E-state index in [0.29, 0.717) is 13.2 Å². The molecule has 0 aliphatic heterocycles. The van der Waals surface area contributed by atoms with Crippen molar-refractivity contribution in [2.24, 2.45) is 0 Å². The zero-order valence-corrected chi connectivity index (χ0v) is 18.3. The lowest BCUT2D eigenvalue weighted by Gasteiger charge is -2.20. The van der Waals surface area contributed by atoms with Crippen LogP contribution >= 0.6 is 0 Å². The van der Waals surface area contributed by atoms with Crippen LogP contribution in [0, 0.1) is 0 Å². The maximum atomic E-state index is 5.76. The van der Waals surface area contributed by atoms with Gasteiger partial charge in [0.2, 0.25) is 0 Å². The molecule has 1 atom stereocenters. The van der Waals surface area contributed by atoms with E-state index in [9.17, 15) is 0 Å². The summed E-state index contributed by atoms with van der Waals surface area (Å²) in [5.74, 6) is 1.57. The molecule has 5 rings (SSSR count). The van der Waals surface area contributed by atoms with Gasteiger partial charge in [0, 0.05) is 35.2 Å². The van der Waals surface area contributed by atoms with Gasteiger partial charge < -0.3 is 15.0 Å². The Hall–Kier alpha value is -4.20. The van der Waals surface area contributed by atoms with E-state index in [2.05, 4.69) is 74.1 Å². The monoisotopic (exact) mass is 439 g/mol. The number of nitrogens with zero attached hydrogens (tertiary/aromatic N) is 5. The number of benzene rings is 2. The summed E-state index contributed by atoms with van der Waals surface area (Å²) in [6.45, 7) is 3.32. The molecule has 2 aromatic carbocycles. The average Bonchev–Trinajstić information content (AvgIpc) is 3.51. The van der Waals surface area contributed by atoms with Gasteiger partial charge in [-0.15, -0.1) is 5.10 Å². The van der Waals surface area contributed by atoms with Crippen LogP contribution in [0.25, 0.3) is 10.9 Å². The molecule has 0 saturated heterocycles. The van der Waals surface area contributed by atoms with E-state index in [-0.39, 0.29) is 6.04 Å². The number of pyridine rings is 1. The molecule has 3 heterocycles. The van der Waals surface area contributed by atoms with Gasteiger partial charge in [-0.3, -0.25) is 4.98 Å². The van der Waals surface area contributed by atoms with Crippen LogP contribution in [0.15, 0.2) is 79.3 Å². The highest BCUT2D eigenvalue weighted by atomic mass is 16.5. The van der Waals surface area contributed by atoms with E-state index in [4.69, 9.17) is 4.74 Å². The fourth-order valence-electron chi connectivity index (χ4n) is 3.78. The van der Waals surface area contributed by atoms with Crippen molar-refractivity contribution in [2.75, 3.05) is 11.9 Å². The number of aromatic nitrogens is 6. The number of aromatic amines is 1. The second kappa shape index (κ2) is 9.52. The van der Waals surface area contributed by atoms with E-state index in [1.165, 1.54) is 0 Å². The minimum Gasteiger partial charge on any atom is -0.494 e. The van der Waals surface area contributed by atoms with Gasteiger partial charge in [0.25, 0.3) is 0 Å². The lowest BCUT2D eigenvalue weighted by Crippen LogP contribution is -2.19. The molecule has 33 heavy (non-hydrogen) atoms. The number of nitrogens with one attached hydrogen (secondary N) is 2. The highest BCUT2D eigenvalue weighted by molar-refractivity contribution is 5.83. The number of tetrazole rings is 1. The molecule has 0 saturated carbocycles. The minimum atomic E-state index is -0.256. The number of hydrogen-bond donors (Lipinski definition) is 2. The molecular weight excluding hydrogens is 414 g/mol. The van der Waals surface area contributed by atoms with E-state index >= 15 is 0 Å². The van der Waals surface area contributed by atoms with Crippen molar-refractivity contribution in [3.8, 4) is 5.75 Å². The summed E-state index contributed by atoms with van der Waals surface area (Å²) in [7, 11) is 0. The van der Waals surface area contributed by atoms with E-state index in [0.717, 1.165) is 45.7 Å². The highest BCUT2D eigenvalue weighted by Crippen LogP contribution is 2.28. The summed E-state index contributed by atoms with van der Waals surface area (Å²) in [5.41, 5.74) is 4.14. The van der Waals surface area contributed by atoms with Crippen LogP contribution in [-0.2, 0) is 6.54 Å². The largest absolute Gasteiger partial charge is 0.494 e. The Labute approximate surface area is 191 Å². The van der Waals surface area contributed by atoms with Gasteiger partial charge in [0.15, 0.2) is 5.82 Å². The molecule has 0 aliphatic carbocycles. The zero-order valence-electron chi connectivity index (χ0n) is 18.3. The molecule has 8 nitrogen and oxygen atoms in total. The molecule has 166 valence electrons. The van der Waals surface area contributed by atoms with Gasteiger partial charge in [0.1, 0.15) is 11.8 Å². The van der Waals surface area contributed by atoms with Crippen molar-refractivity contribution < 1.29 is 4.74 Å². The maximum Gasteiger partial charge on any atom is 0.178 e. The van der Waals surface area contributed by atoms with Crippen LogP contribution in [0.1, 0.15) is 36.3 Å². The molecule has 8 heteroatoms. The molecule has 0 spiro atoms. The molecule has 5 aromatic rings.